The van der Waals surface area contributed by atoms with E-state index in [1.54, 1.807) is 0 Å². The average Bonchev–Trinajstić information content (AvgIpc) is 1.79. The molecule has 0 aromatic carbocycles. The third kappa shape index (κ3) is 54.5. The van der Waals surface area contributed by atoms with E-state index in [1.165, 1.54) is 0 Å². The Morgan fingerprint density at radius 2 is 0.706 bits per heavy atom. The molecule has 17 heavy (non-hydrogen) atoms. The molecule has 8 N–H and O–H groups in total. The summed E-state index contributed by atoms with van der Waals surface area (Å²) in [5.74, 6) is -5.25. The number of rotatable bonds is 4. The number of carbonyl (C=O) groups is 4. The summed E-state index contributed by atoms with van der Waals surface area (Å²) in [6.07, 6.45) is -1.61. The third-order valence-electron chi connectivity index (χ3n) is 0.605. The van der Waals surface area contributed by atoms with Crippen molar-refractivity contribution in [3.05, 3.63) is 0 Å². The Morgan fingerprint density at radius 3 is 0.706 bits per heavy atom. The van der Waals surface area contributed by atoms with Crippen molar-refractivity contribution < 1.29 is 67.3 Å². The van der Waals surface area contributed by atoms with Gasteiger partial charge in [-0.25, -0.2) is 0 Å². The van der Waals surface area contributed by atoms with Gasteiger partial charge in [0.25, 0.3) is 0 Å². The van der Waals surface area contributed by atoms with Crippen LogP contribution in [0, 0.1) is 0 Å². The quantitative estimate of drug-likeness (QED) is 0.404. The van der Waals surface area contributed by atoms with Gasteiger partial charge in [-0.3, -0.25) is 19.2 Å². The maximum absolute atomic E-state index is 9.43. The zero-order valence-electron chi connectivity index (χ0n) is 8.17. The van der Waals surface area contributed by atoms with Crippen molar-refractivity contribution in [2.45, 2.75) is 12.8 Å². The Balaban J connectivity index is -0.0000000480. The van der Waals surface area contributed by atoms with Crippen LogP contribution in [0.3, 0.4) is 0 Å². The van der Waals surface area contributed by atoms with Gasteiger partial charge in [-0.15, -0.1) is 0 Å². The first kappa shape index (κ1) is 29.5. The van der Waals surface area contributed by atoms with Gasteiger partial charge in [-0.2, -0.15) is 0 Å². The van der Waals surface area contributed by atoms with E-state index in [1.807, 2.05) is 0 Å². The molecule has 0 aliphatic carbocycles. The van der Waals surface area contributed by atoms with Crippen molar-refractivity contribution in [2.75, 3.05) is 0 Å². The van der Waals surface area contributed by atoms with Crippen molar-refractivity contribution in [3.63, 3.8) is 0 Å². The summed E-state index contributed by atoms with van der Waals surface area (Å²) in [6, 6.07) is 0. The fourth-order valence-electron chi connectivity index (χ4n) is 0.259. The number of hydrogen-bond acceptors (Lipinski definition) is 4. The molecular formula is C6H12CoO10. The van der Waals surface area contributed by atoms with Crippen LogP contribution < -0.4 is 0 Å². The smallest absolute Gasteiger partial charge is 0.314 e. The van der Waals surface area contributed by atoms with Crippen LogP contribution >= 0.6 is 0 Å². The molecule has 0 amide bonds. The van der Waals surface area contributed by atoms with Crippen molar-refractivity contribution in [2.24, 2.45) is 0 Å². The predicted octanol–water partition coefficient (Wildman–Crippen LogP) is -2.56. The minimum Gasteiger partial charge on any atom is -0.481 e. The Bertz CT molecular complexity index is 199. The molecule has 0 atom stereocenters. The Morgan fingerprint density at radius 1 is 0.588 bits per heavy atom. The molecule has 0 heterocycles. The maximum Gasteiger partial charge on any atom is 0.314 e. The van der Waals surface area contributed by atoms with Gasteiger partial charge < -0.3 is 31.4 Å². The first-order valence-corrected chi connectivity index (χ1v) is 3.13. The van der Waals surface area contributed by atoms with Crippen LogP contribution in [0.4, 0.5) is 0 Å². The molecule has 105 valence electrons. The summed E-state index contributed by atoms with van der Waals surface area (Å²) < 4.78 is 0. The summed E-state index contributed by atoms with van der Waals surface area (Å²) in [7, 11) is 0. The zero-order valence-corrected chi connectivity index (χ0v) is 9.21. The van der Waals surface area contributed by atoms with Crippen LogP contribution in [-0.4, -0.2) is 55.3 Å². The largest absolute Gasteiger partial charge is 0.481 e. The first-order valence-electron chi connectivity index (χ1n) is 3.13. The normalized spacial score (nSPS) is 6.59. The summed E-state index contributed by atoms with van der Waals surface area (Å²) in [6.45, 7) is 0. The minimum atomic E-state index is -1.31. The fourth-order valence-corrected chi connectivity index (χ4v) is 0.259. The first-order chi connectivity index (χ1) is 6.25. The van der Waals surface area contributed by atoms with E-state index < -0.39 is 36.7 Å². The summed E-state index contributed by atoms with van der Waals surface area (Å²) >= 11 is 0. The van der Waals surface area contributed by atoms with Crippen LogP contribution in [0.5, 0.6) is 0 Å². The van der Waals surface area contributed by atoms with E-state index in [0.29, 0.717) is 0 Å². The second-order valence-corrected chi connectivity index (χ2v) is 1.93. The van der Waals surface area contributed by atoms with Gasteiger partial charge in [0.15, 0.2) is 0 Å². The molecule has 0 aliphatic rings. The van der Waals surface area contributed by atoms with Crippen LogP contribution in [-0.2, 0) is 36.0 Å². The molecule has 0 aromatic heterocycles. The van der Waals surface area contributed by atoms with Gasteiger partial charge >= 0.3 is 23.9 Å². The van der Waals surface area contributed by atoms with Crippen molar-refractivity contribution in [3.8, 4) is 0 Å². The fraction of sp³-hybridized carbons (Fsp3) is 0.333. The molecule has 0 rings (SSSR count). The van der Waals surface area contributed by atoms with Gasteiger partial charge in [-0.05, 0) is 0 Å². The molecule has 10 nitrogen and oxygen atoms in total. The zero-order chi connectivity index (χ0) is 11.7. The number of hydrogen-bond donors (Lipinski definition) is 4. The van der Waals surface area contributed by atoms with Gasteiger partial charge in [0.05, 0.1) is 0 Å². The molecule has 0 fully saturated rings. The Kier molecular flexibility index (Phi) is 29.0. The average molecular weight is 303 g/mol. The molecule has 0 saturated heterocycles. The van der Waals surface area contributed by atoms with E-state index in [-0.39, 0.29) is 27.7 Å². The Labute approximate surface area is 105 Å². The molecule has 11 heteroatoms. The summed E-state index contributed by atoms with van der Waals surface area (Å²) in [5.41, 5.74) is 0. The van der Waals surface area contributed by atoms with E-state index >= 15 is 0 Å². The van der Waals surface area contributed by atoms with E-state index in [9.17, 15) is 19.2 Å². The number of carboxylic acids is 4. The monoisotopic (exact) mass is 303 g/mol. The molecular weight excluding hydrogens is 291 g/mol. The molecule has 1 radical (unpaired) electrons. The topological polar surface area (TPSA) is 212 Å². The van der Waals surface area contributed by atoms with Gasteiger partial charge in [0.1, 0.15) is 12.8 Å². The molecule has 0 spiro atoms. The number of aliphatic carboxylic acids is 4. The van der Waals surface area contributed by atoms with E-state index in [0.717, 1.165) is 0 Å². The van der Waals surface area contributed by atoms with Crippen LogP contribution in [0.25, 0.3) is 0 Å². The molecule has 0 unspecified atom stereocenters. The third-order valence-corrected chi connectivity index (χ3v) is 0.605. The van der Waals surface area contributed by atoms with Crippen LogP contribution in [0.15, 0.2) is 0 Å². The van der Waals surface area contributed by atoms with E-state index in [4.69, 9.17) is 20.4 Å². The molecule has 0 bridgehead atoms. The van der Waals surface area contributed by atoms with Crippen molar-refractivity contribution in [1.29, 1.82) is 0 Å². The summed E-state index contributed by atoms with van der Waals surface area (Å²) in [4.78, 5) is 37.7. The minimum absolute atomic E-state index is 0. The molecule has 0 saturated carbocycles. The maximum atomic E-state index is 9.43. The standard InChI is InChI=1S/2C3H4O4.Co.2H2O/c2*4-2(5)1-3(6)7;;;/h2*1H2,(H,4,5)(H,6,7);;2*1H2. The number of carboxylic acid groups (broad SMARTS) is 4. The van der Waals surface area contributed by atoms with Crippen molar-refractivity contribution in [1.82, 2.24) is 0 Å². The SMILES string of the molecule is O.O.O=C(O)CC(=O)O.O=C(O)CC(=O)O.[Co]. The summed E-state index contributed by atoms with van der Waals surface area (Å²) in [5, 5.41) is 30.8. The second kappa shape index (κ2) is 16.7. The van der Waals surface area contributed by atoms with Gasteiger partial charge in [-0.1, -0.05) is 0 Å². The van der Waals surface area contributed by atoms with Crippen LogP contribution in [0.2, 0.25) is 0 Å². The predicted molar refractivity (Wildman–Crippen MR) is 47.0 cm³/mol. The van der Waals surface area contributed by atoms with Crippen molar-refractivity contribution >= 4 is 23.9 Å². The Hall–Kier alpha value is -1.69. The molecule has 0 aliphatic heterocycles. The van der Waals surface area contributed by atoms with Crippen LogP contribution in [0.1, 0.15) is 12.8 Å². The van der Waals surface area contributed by atoms with E-state index in [2.05, 4.69) is 0 Å². The van der Waals surface area contributed by atoms with Gasteiger partial charge in [0.2, 0.25) is 0 Å². The second-order valence-electron chi connectivity index (χ2n) is 1.93. The molecule has 0 aromatic rings. The van der Waals surface area contributed by atoms with Gasteiger partial charge in [0, 0.05) is 16.8 Å².